The van der Waals surface area contributed by atoms with E-state index in [1.165, 1.54) is 0 Å². The predicted molar refractivity (Wildman–Crippen MR) is 69.8 cm³/mol. The minimum atomic E-state index is 0.612. The van der Waals surface area contributed by atoms with Crippen LogP contribution in [0.1, 0.15) is 18.3 Å². The molecule has 0 bridgehead atoms. The molecule has 2 aromatic heterocycles. The van der Waals surface area contributed by atoms with Gasteiger partial charge in [-0.25, -0.2) is 15.0 Å². The number of anilines is 1. The molecule has 0 aromatic carbocycles. The van der Waals surface area contributed by atoms with Crippen molar-refractivity contribution < 1.29 is 4.74 Å². The van der Waals surface area contributed by atoms with E-state index >= 15 is 0 Å². The third kappa shape index (κ3) is 3.16. The summed E-state index contributed by atoms with van der Waals surface area (Å²) in [5, 5.41) is 3.17. The monoisotopic (exact) mass is 244 g/mol. The molecule has 2 heterocycles. The summed E-state index contributed by atoms with van der Waals surface area (Å²) in [6.45, 7) is 2.88. The number of ether oxygens (including phenoxy) is 1. The topological polar surface area (TPSA) is 59.9 Å². The van der Waals surface area contributed by atoms with Gasteiger partial charge < -0.3 is 10.1 Å². The molecule has 0 radical (unpaired) electrons. The van der Waals surface area contributed by atoms with Gasteiger partial charge in [-0.1, -0.05) is 6.07 Å². The summed E-state index contributed by atoms with van der Waals surface area (Å²) in [7, 11) is 1.60. The molecule has 2 rings (SSSR count). The molecule has 0 spiro atoms. The lowest BCUT2D eigenvalue weighted by atomic mass is 10.2. The van der Waals surface area contributed by atoms with Crippen molar-refractivity contribution in [1.82, 2.24) is 15.0 Å². The van der Waals surface area contributed by atoms with Crippen molar-refractivity contribution in [3.05, 3.63) is 42.0 Å². The zero-order chi connectivity index (χ0) is 12.8. The molecule has 0 aliphatic rings. The summed E-state index contributed by atoms with van der Waals surface area (Å²) in [4.78, 5) is 12.8. The lowest BCUT2D eigenvalue weighted by molar-refractivity contribution is 0.397. The van der Waals surface area contributed by atoms with Crippen LogP contribution in [0.15, 0.2) is 30.6 Å². The van der Waals surface area contributed by atoms with Gasteiger partial charge >= 0.3 is 0 Å². The van der Waals surface area contributed by atoms with Crippen molar-refractivity contribution in [2.24, 2.45) is 0 Å². The number of nitrogens with one attached hydrogen (secondary N) is 1. The highest BCUT2D eigenvalue weighted by Gasteiger charge is 2.02. The van der Waals surface area contributed by atoms with E-state index in [9.17, 15) is 0 Å². The van der Waals surface area contributed by atoms with Gasteiger partial charge in [-0.15, -0.1) is 0 Å². The molecule has 94 valence electrons. The Morgan fingerprint density at radius 3 is 2.78 bits per heavy atom. The second-order valence-corrected chi connectivity index (χ2v) is 3.77. The van der Waals surface area contributed by atoms with Crippen LogP contribution in [0, 0.1) is 0 Å². The average Bonchev–Trinajstić information content (AvgIpc) is 2.40. The Labute approximate surface area is 106 Å². The van der Waals surface area contributed by atoms with Crippen molar-refractivity contribution in [1.29, 1.82) is 0 Å². The van der Waals surface area contributed by atoms with Gasteiger partial charge in [0.25, 0.3) is 0 Å². The SMILES string of the molecule is CCNc1ccnc(Cc2ccc(OC)nc2)n1. The summed E-state index contributed by atoms with van der Waals surface area (Å²) in [5.74, 6) is 2.24. The lowest BCUT2D eigenvalue weighted by Crippen LogP contribution is -2.03. The van der Waals surface area contributed by atoms with Crippen molar-refractivity contribution in [2.45, 2.75) is 13.3 Å². The maximum absolute atomic E-state index is 5.02. The first kappa shape index (κ1) is 12.3. The number of aromatic nitrogens is 3. The Bertz CT molecular complexity index is 499. The van der Waals surface area contributed by atoms with Gasteiger partial charge in [-0.2, -0.15) is 0 Å². The smallest absolute Gasteiger partial charge is 0.212 e. The van der Waals surface area contributed by atoms with E-state index in [-0.39, 0.29) is 0 Å². The fourth-order valence-corrected chi connectivity index (χ4v) is 1.58. The third-order valence-electron chi connectivity index (χ3n) is 2.43. The second kappa shape index (κ2) is 5.95. The summed E-state index contributed by atoms with van der Waals surface area (Å²) in [6, 6.07) is 5.66. The van der Waals surface area contributed by atoms with Crippen LogP contribution in [-0.4, -0.2) is 28.6 Å². The van der Waals surface area contributed by atoms with Crippen LogP contribution in [0.4, 0.5) is 5.82 Å². The molecule has 0 amide bonds. The highest BCUT2D eigenvalue weighted by Crippen LogP contribution is 2.10. The molecule has 0 unspecified atom stereocenters. The minimum Gasteiger partial charge on any atom is -0.481 e. The highest BCUT2D eigenvalue weighted by molar-refractivity contribution is 5.33. The van der Waals surface area contributed by atoms with Gasteiger partial charge in [-0.3, -0.25) is 0 Å². The molecule has 0 fully saturated rings. The average molecular weight is 244 g/mol. The molecule has 1 N–H and O–H groups in total. The van der Waals surface area contributed by atoms with Crippen LogP contribution in [0.5, 0.6) is 5.88 Å². The molecule has 5 heteroatoms. The molecule has 0 atom stereocenters. The highest BCUT2D eigenvalue weighted by atomic mass is 16.5. The molecule has 0 saturated carbocycles. The second-order valence-electron chi connectivity index (χ2n) is 3.77. The first-order chi connectivity index (χ1) is 8.81. The van der Waals surface area contributed by atoms with Gasteiger partial charge in [0.1, 0.15) is 11.6 Å². The predicted octanol–water partition coefficient (Wildman–Crippen LogP) is 1.90. The third-order valence-corrected chi connectivity index (χ3v) is 2.43. The number of pyridine rings is 1. The summed E-state index contributed by atoms with van der Waals surface area (Å²) in [5.41, 5.74) is 1.06. The van der Waals surface area contributed by atoms with Crippen LogP contribution < -0.4 is 10.1 Å². The quantitative estimate of drug-likeness (QED) is 0.870. The van der Waals surface area contributed by atoms with E-state index in [2.05, 4.69) is 20.3 Å². The van der Waals surface area contributed by atoms with Gasteiger partial charge in [0.15, 0.2) is 0 Å². The maximum Gasteiger partial charge on any atom is 0.212 e. The lowest BCUT2D eigenvalue weighted by Gasteiger charge is -2.05. The van der Waals surface area contributed by atoms with Crippen LogP contribution in [0.25, 0.3) is 0 Å². The zero-order valence-electron chi connectivity index (χ0n) is 10.6. The molecular weight excluding hydrogens is 228 g/mol. The first-order valence-corrected chi connectivity index (χ1v) is 5.86. The summed E-state index contributed by atoms with van der Waals surface area (Å²) < 4.78 is 5.02. The largest absolute Gasteiger partial charge is 0.481 e. The number of methoxy groups -OCH3 is 1. The van der Waals surface area contributed by atoms with E-state index in [1.807, 2.05) is 25.1 Å². The Balaban J connectivity index is 2.09. The standard InChI is InChI=1S/C13H16N4O/c1-3-14-11-6-7-15-12(17-11)8-10-4-5-13(18-2)16-9-10/h4-7,9H,3,8H2,1-2H3,(H,14,15,17). The van der Waals surface area contributed by atoms with Crippen LogP contribution in [-0.2, 0) is 6.42 Å². The Kier molecular flexibility index (Phi) is 4.06. The number of hydrogen-bond acceptors (Lipinski definition) is 5. The molecule has 5 nitrogen and oxygen atoms in total. The summed E-state index contributed by atoms with van der Waals surface area (Å²) >= 11 is 0. The van der Waals surface area contributed by atoms with E-state index in [4.69, 9.17) is 4.74 Å². The fourth-order valence-electron chi connectivity index (χ4n) is 1.58. The van der Waals surface area contributed by atoms with E-state index in [0.717, 1.165) is 23.8 Å². The van der Waals surface area contributed by atoms with E-state index in [1.54, 1.807) is 19.5 Å². The van der Waals surface area contributed by atoms with E-state index < -0.39 is 0 Å². The number of rotatable bonds is 5. The molecular formula is C13H16N4O. The molecule has 18 heavy (non-hydrogen) atoms. The molecule has 0 aliphatic heterocycles. The van der Waals surface area contributed by atoms with Crippen LogP contribution >= 0.6 is 0 Å². The van der Waals surface area contributed by atoms with E-state index in [0.29, 0.717) is 12.3 Å². The Morgan fingerprint density at radius 1 is 1.22 bits per heavy atom. The van der Waals surface area contributed by atoms with Gasteiger partial charge in [0, 0.05) is 31.4 Å². The Morgan fingerprint density at radius 2 is 2.11 bits per heavy atom. The number of hydrogen-bond donors (Lipinski definition) is 1. The van der Waals surface area contributed by atoms with Crippen LogP contribution in [0.3, 0.4) is 0 Å². The van der Waals surface area contributed by atoms with Crippen molar-refractivity contribution in [3.63, 3.8) is 0 Å². The van der Waals surface area contributed by atoms with Crippen molar-refractivity contribution >= 4 is 5.82 Å². The maximum atomic E-state index is 5.02. The van der Waals surface area contributed by atoms with Gasteiger partial charge in [-0.05, 0) is 18.6 Å². The van der Waals surface area contributed by atoms with Crippen LogP contribution in [0.2, 0.25) is 0 Å². The molecule has 0 aliphatic carbocycles. The summed E-state index contributed by atoms with van der Waals surface area (Å²) in [6.07, 6.45) is 4.20. The molecule has 2 aromatic rings. The minimum absolute atomic E-state index is 0.612. The van der Waals surface area contributed by atoms with Crippen molar-refractivity contribution in [3.8, 4) is 5.88 Å². The first-order valence-electron chi connectivity index (χ1n) is 5.86. The van der Waals surface area contributed by atoms with Crippen molar-refractivity contribution in [2.75, 3.05) is 19.0 Å². The normalized spacial score (nSPS) is 10.1. The van der Waals surface area contributed by atoms with Gasteiger partial charge in [0.05, 0.1) is 7.11 Å². The molecule has 0 saturated heterocycles. The fraction of sp³-hybridized carbons (Fsp3) is 0.308. The zero-order valence-corrected chi connectivity index (χ0v) is 10.6. The van der Waals surface area contributed by atoms with Gasteiger partial charge in [0.2, 0.25) is 5.88 Å². The number of nitrogens with zero attached hydrogens (tertiary/aromatic N) is 3. The Hall–Kier alpha value is -2.17.